The molecule has 0 amide bonds. The van der Waals surface area contributed by atoms with Crippen LogP contribution in [0.5, 0.6) is 0 Å². The van der Waals surface area contributed by atoms with Gasteiger partial charge in [-0.2, -0.15) is 18.3 Å². The normalized spacial score (nSPS) is 11.5. The van der Waals surface area contributed by atoms with Crippen LogP contribution in [0.25, 0.3) is 0 Å². The van der Waals surface area contributed by atoms with Crippen molar-refractivity contribution in [2.45, 2.75) is 12.7 Å². The standard InChI is InChI=1S/C13H10F4N2O2/c1-21-12(20)10-3-2-8(4-11(10)14)6-19-7-9(5-18-19)13(15,16)17/h2-5,7H,6H2,1H3. The van der Waals surface area contributed by atoms with E-state index in [0.717, 1.165) is 24.1 Å². The third-order valence-corrected chi connectivity index (χ3v) is 2.74. The molecule has 8 heteroatoms. The van der Waals surface area contributed by atoms with Gasteiger partial charge in [-0.3, -0.25) is 4.68 Å². The first-order valence-corrected chi connectivity index (χ1v) is 5.77. The fraction of sp³-hybridized carbons (Fsp3) is 0.231. The van der Waals surface area contributed by atoms with Crippen LogP contribution in [0.15, 0.2) is 30.6 Å². The Kier molecular flexibility index (Phi) is 3.97. The molecule has 4 nitrogen and oxygen atoms in total. The van der Waals surface area contributed by atoms with Gasteiger partial charge in [0, 0.05) is 6.20 Å². The van der Waals surface area contributed by atoms with E-state index in [2.05, 4.69) is 9.84 Å². The molecule has 2 rings (SSSR count). The molecule has 1 aromatic carbocycles. The maximum absolute atomic E-state index is 13.7. The van der Waals surface area contributed by atoms with Crippen molar-refractivity contribution < 1.29 is 27.1 Å². The monoisotopic (exact) mass is 302 g/mol. The summed E-state index contributed by atoms with van der Waals surface area (Å²) in [6, 6.07) is 3.69. The summed E-state index contributed by atoms with van der Waals surface area (Å²) in [4.78, 5) is 11.2. The molecule has 0 atom stereocenters. The average molecular weight is 302 g/mol. The lowest BCUT2D eigenvalue weighted by Crippen LogP contribution is -2.07. The van der Waals surface area contributed by atoms with E-state index in [4.69, 9.17) is 0 Å². The van der Waals surface area contributed by atoms with Crippen LogP contribution in [0.2, 0.25) is 0 Å². The zero-order valence-electron chi connectivity index (χ0n) is 10.8. The molecule has 1 heterocycles. The quantitative estimate of drug-likeness (QED) is 0.647. The number of esters is 1. The first-order valence-electron chi connectivity index (χ1n) is 5.77. The molecule has 0 bridgehead atoms. The maximum atomic E-state index is 13.7. The number of rotatable bonds is 3. The van der Waals surface area contributed by atoms with Crippen LogP contribution in [-0.4, -0.2) is 22.9 Å². The number of carbonyl (C=O) groups excluding carboxylic acids is 1. The van der Waals surface area contributed by atoms with E-state index in [1.807, 2.05) is 0 Å². The summed E-state index contributed by atoms with van der Waals surface area (Å²) in [6.45, 7) is -0.0472. The molecule has 0 N–H and O–H groups in total. The van der Waals surface area contributed by atoms with Crippen LogP contribution in [0.1, 0.15) is 21.5 Å². The molecule has 0 aliphatic heterocycles. The Bertz CT molecular complexity index is 664. The highest BCUT2D eigenvalue weighted by molar-refractivity contribution is 5.89. The number of ether oxygens (including phenoxy) is 1. The number of hydrogen-bond acceptors (Lipinski definition) is 3. The van der Waals surface area contributed by atoms with E-state index in [9.17, 15) is 22.4 Å². The largest absolute Gasteiger partial charge is 0.465 e. The third kappa shape index (κ3) is 3.39. The van der Waals surface area contributed by atoms with Gasteiger partial charge in [-0.05, 0) is 17.7 Å². The number of halogens is 4. The number of benzene rings is 1. The molecule has 0 saturated heterocycles. The molecule has 21 heavy (non-hydrogen) atoms. The smallest absolute Gasteiger partial charge is 0.419 e. The highest BCUT2D eigenvalue weighted by Gasteiger charge is 2.32. The van der Waals surface area contributed by atoms with Crippen molar-refractivity contribution in [1.29, 1.82) is 0 Å². The SMILES string of the molecule is COC(=O)c1ccc(Cn2cc(C(F)(F)F)cn2)cc1F. The maximum Gasteiger partial charge on any atom is 0.419 e. The second-order valence-electron chi connectivity index (χ2n) is 4.23. The van der Waals surface area contributed by atoms with Gasteiger partial charge in [-0.15, -0.1) is 0 Å². The molecule has 0 aliphatic rings. The van der Waals surface area contributed by atoms with Crippen molar-refractivity contribution in [1.82, 2.24) is 9.78 Å². The zero-order chi connectivity index (χ0) is 15.6. The number of nitrogens with zero attached hydrogens (tertiary/aromatic N) is 2. The molecule has 0 radical (unpaired) electrons. The van der Waals surface area contributed by atoms with Crippen molar-refractivity contribution >= 4 is 5.97 Å². The van der Waals surface area contributed by atoms with Gasteiger partial charge >= 0.3 is 12.1 Å². The second-order valence-corrected chi connectivity index (χ2v) is 4.23. The van der Waals surface area contributed by atoms with Crippen molar-refractivity contribution in [3.05, 3.63) is 53.1 Å². The number of carbonyl (C=O) groups is 1. The van der Waals surface area contributed by atoms with Gasteiger partial charge in [-0.25, -0.2) is 9.18 Å². The Morgan fingerprint density at radius 3 is 2.62 bits per heavy atom. The number of hydrogen-bond donors (Lipinski definition) is 0. The molecule has 1 aromatic heterocycles. The molecule has 0 spiro atoms. The summed E-state index contributed by atoms with van der Waals surface area (Å²) >= 11 is 0. The lowest BCUT2D eigenvalue weighted by molar-refractivity contribution is -0.137. The van der Waals surface area contributed by atoms with E-state index in [1.165, 1.54) is 12.1 Å². The van der Waals surface area contributed by atoms with E-state index in [-0.39, 0.29) is 12.1 Å². The van der Waals surface area contributed by atoms with Crippen LogP contribution in [0.4, 0.5) is 17.6 Å². The summed E-state index contributed by atoms with van der Waals surface area (Å²) < 4.78 is 56.4. The van der Waals surface area contributed by atoms with Crippen LogP contribution >= 0.6 is 0 Å². The van der Waals surface area contributed by atoms with Crippen molar-refractivity contribution in [2.75, 3.05) is 7.11 Å². The van der Waals surface area contributed by atoms with Gasteiger partial charge in [0.05, 0.1) is 31.0 Å². The molecule has 0 fully saturated rings. The predicted molar refractivity (Wildman–Crippen MR) is 64.1 cm³/mol. The summed E-state index contributed by atoms with van der Waals surface area (Å²) in [7, 11) is 1.12. The molecule has 112 valence electrons. The predicted octanol–water partition coefficient (Wildman–Crippen LogP) is 2.88. The van der Waals surface area contributed by atoms with Crippen LogP contribution in [0.3, 0.4) is 0 Å². The summed E-state index contributed by atoms with van der Waals surface area (Å²) in [5, 5.41) is 3.56. The minimum Gasteiger partial charge on any atom is -0.465 e. The highest BCUT2D eigenvalue weighted by atomic mass is 19.4. The minimum atomic E-state index is -4.47. The Morgan fingerprint density at radius 2 is 2.10 bits per heavy atom. The molecule has 0 aliphatic carbocycles. The first-order chi connectivity index (χ1) is 9.81. The van der Waals surface area contributed by atoms with Gasteiger partial charge in [0.2, 0.25) is 0 Å². The molecular weight excluding hydrogens is 292 g/mol. The Balaban J connectivity index is 2.19. The molecule has 2 aromatic rings. The van der Waals surface area contributed by atoms with E-state index in [1.54, 1.807) is 0 Å². The van der Waals surface area contributed by atoms with E-state index >= 15 is 0 Å². The zero-order valence-corrected chi connectivity index (χ0v) is 10.8. The Hall–Kier alpha value is -2.38. The van der Waals surface area contributed by atoms with Crippen LogP contribution in [-0.2, 0) is 17.5 Å². The van der Waals surface area contributed by atoms with Crippen LogP contribution < -0.4 is 0 Å². The molecule has 0 saturated carbocycles. The van der Waals surface area contributed by atoms with Gasteiger partial charge in [0.15, 0.2) is 0 Å². The highest BCUT2D eigenvalue weighted by Crippen LogP contribution is 2.28. The summed E-state index contributed by atoms with van der Waals surface area (Å²) in [5.41, 5.74) is -0.746. The summed E-state index contributed by atoms with van der Waals surface area (Å²) in [6.07, 6.45) is -2.95. The topological polar surface area (TPSA) is 44.1 Å². The Labute approximate surface area is 116 Å². The number of aromatic nitrogens is 2. The van der Waals surface area contributed by atoms with Crippen LogP contribution in [0, 0.1) is 5.82 Å². The van der Waals surface area contributed by atoms with Gasteiger partial charge < -0.3 is 4.74 Å². The molecule has 0 unspecified atom stereocenters. The number of methoxy groups -OCH3 is 1. The van der Waals surface area contributed by atoms with Gasteiger partial charge in [0.25, 0.3) is 0 Å². The lowest BCUT2D eigenvalue weighted by Gasteiger charge is -2.05. The van der Waals surface area contributed by atoms with E-state index in [0.29, 0.717) is 11.8 Å². The minimum absolute atomic E-state index is 0.0472. The van der Waals surface area contributed by atoms with Crippen molar-refractivity contribution in [3.8, 4) is 0 Å². The third-order valence-electron chi connectivity index (χ3n) is 2.74. The van der Waals surface area contributed by atoms with Gasteiger partial charge in [0.1, 0.15) is 5.82 Å². The van der Waals surface area contributed by atoms with Crippen molar-refractivity contribution in [2.24, 2.45) is 0 Å². The number of alkyl halides is 3. The van der Waals surface area contributed by atoms with Gasteiger partial charge in [-0.1, -0.05) is 6.07 Å². The lowest BCUT2D eigenvalue weighted by atomic mass is 10.1. The van der Waals surface area contributed by atoms with Crippen molar-refractivity contribution in [3.63, 3.8) is 0 Å². The Morgan fingerprint density at radius 1 is 1.38 bits per heavy atom. The van der Waals surface area contributed by atoms with E-state index < -0.39 is 23.5 Å². The fourth-order valence-corrected chi connectivity index (χ4v) is 1.72. The molecular formula is C13H10F4N2O2. The average Bonchev–Trinajstić information content (AvgIpc) is 2.86. The fourth-order valence-electron chi connectivity index (χ4n) is 1.72. The summed E-state index contributed by atoms with van der Waals surface area (Å²) in [5.74, 6) is -1.62. The first kappa shape index (κ1) is 15.0. The second kappa shape index (κ2) is 5.55.